The highest BCUT2D eigenvalue weighted by molar-refractivity contribution is 7.98. The van der Waals surface area contributed by atoms with E-state index in [9.17, 15) is 4.79 Å². The fourth-order valence-electron chi connectivity index (χ4n) is 2.84. The lowest BCUT2D eigenvalue weighted by atomic mass is 10.1. The molecule has 0 saturated carbocycles. The van der Waals surface area contributed by atoms with Crippen LogP contribution in [0.3, 0.4) is 0 Å². The quantitative estimate of drug-likeness (QED) is 0.384. The smallest absolute Gasteiger partial charge is 0.252 e. The first-order chi connectivity index (χ1) is 14.0. The summed E-state index contributed by atoms with van der Waals surface area (Å²) in [4.78, 5) is 36.6. The molecule has 8 nitrogen and oxygen atoms in total. The van der Waals surface area contributed by atoms with Gasteiger partial charge in [0.2, 0.25) is 11.9 Å². The van der Waals surface area contributed by atoms with Crippen LogP contribution in [0.2, 0.25) is 0 Å². The summed E-state index contributed by atoms with van der Waals surface area (Å²) in [5, 5.41) is 4.66. The molecule has 4 aromatic rings. The Hall–Kier alpha value is -3.33. The topological polar surface area (TPSA) is 109 Å². The van der Waals surface area contributed by atoms with Gasteiger partial charge in [-0.1, -0.05) is 11.8 Å². The fraction of sp³-hybridized carbons (Fsp3) is 0.200. The predicted molar refractivity (Wildman–Crippen MR) is 113 cm³/mol. The van der Waals surface area contributed by atoms with Crippen LogP contribution in [0.5, 0.6) is 0 Å². The van der Waals surface area contributed by atoms with Crippen molar-refractivity contribution in [3.05, 3.63) is 69.5 Å². The second kappa shape index (κ2) is 7.96. The van der Waals surface area contributed by atoms with Crippen LogP contribution in [0.15, 0.2) is 46.6 Å². The molecule has 1 aromatic carbocycles. The van der Waals surface area contributed by atoms with Gasteiger partial charge in [0.05, 0.1) is 16.9 Å². The van der Waals surface area contributed by atoms with Crippen molar-refractivity contribution >= 4 is 34.6 Å². The Balaban J connectivity index is 1.60. The SMILES string of the molecule is Cc1cc2nc(Nc3nc(CSc4ncccn4)cc(=O)[nH]3)nc(C)c2cc1C. The van der Waals surface area contributed by atoms with E-state index >= 15 is 0 Å². The predicted octanol–water partition coefficient (Wildman–Crippen LogP) is 3.46. The molecule has 146 valence electrons. The molecule has 0 aliphatic rings. The van der Waals surface area contributed by atoms with Gasteiger partial charge in [-0.3, -0.25) is 15.1 Å². The molecule has 0 saturated heterocycles. The summed E-state index contributed by atoms with van der Waals surface area (Å²) in [5.41, 5.74) is 4.42. The number of anilines is 2. The van der Waals surface area contributed by atoms with Crippen molar-refractivity contribution in [1.29, 1.82) is 0 Å². The first kappa shape index (κ1) is 19.0. The van der Waals surface area contributed by atoms with E-state index in [0.29, 0.717) is 28.5 Å². The van der Waals surface area contributed by atoms with Gasteiger partial charge in [-0.2, -0.15) is 0 Å². The molecule has 0 radical (unpaired) electrons. The second-order valence-corrected chi connectivity index (χ2v) is 7.56. The van der Waals surface area contributed by atoms with Gasteiger partial charge in [0, 0.05) is 29.6 Å². The third-order valence-electron chi connectivity index (χ3n) is 4.42. The molecule has 9 heteroatoms. The molecule has 0 amide bonds. The minimum atomic E-state index is -0.254. The number of hydrogen-bond donors (Lipinski definition) is 2. The number of aromatic amines is 1. The van der Waals surface area contributed by atoms with Gasteiger partial charge in [0.15, 0.2) is 5.16 Å². The zero-order chi connectivity index (χ0) is 20.4. The number of aromatic nitrogens is 6. The lowest BCUT2D eigenvalue weighted by molar-refractivity contribution is 0.962. The Morgan fingerprint density at radius 2 is 1.76 bits per heavy atom. The molecule has 0 aliphatic carbocycles. The first-order valence-corrected chi connectivity index (χ1v) is 9.99. The van der Waals surface area contributed by atoms with Crippen LogP contribution in [0.1, 0.15) is 22.5 Å². The molecular weight excluding hydrogens is 386 g/mol. The van der Waals surface area contributed by atoms with Crippen LogP contribution in [0, 0.1) is 20.8 Å². The zero-order valence-electron chi connectivity index (χ0n) is 16.2. The molecule has 3 heterocycles. The summed E-state index contributed by atoms with van der Waals surface area (Å²) in [6, 6.07) is 7.34. The number of nitrogens with zero attached hydrogens (tertiary/aromatic N) is 5. The Labute approximate surface area is 171 Å². The molecule has 0 fully saturated rings. The molecule has 0 atom stereocenters. The van der Waals surface area contributed by atoms with E-state index in [1.165, 1.54) is 23.4 Å². The molecule has 4 rings (SSSR count). The lowest BCUT2D eigenvalue weighted by Crippen LogP contribution is -2.13. The average molecular weight is 405 g/mol. The largest absolute Gasteiger partial charge is 0.294 e. The van der Waals surface area contributed by atoms with Gasteiger partial charge >= 0.3 is 0 Å². The number of fused-ring (bicyclic) bond motifs is 1. The summed E-state index contributed by atoms with van der Waals surface area (Å²) in [6.07, 6.45) is 3.35. The molecule has 29 heavy (non-hydrogen) atoms. The Bertz CT molecular complexity index is 1240. The molecule has 2 N–H and O–H groups in total. The summed E-state index contributed by atoms with van der Waals surface area (Å²) < 4.78 is 0. The van der Waals surface area contributed by atoms with Crippen LogP contribution in [0.4, 0.5) is 11.9 Å². The van der Waals surface area contributed by atoms with Crippen molar-refractivity contribution in [2.75, 3.05) is 5.32 Å². The van der Waals surface area contributed by atoms with Crippen molar-refractivity contribution < 1.29 is 0 Å². The van der Waals surface area contributed by atoms with Crippen molar-refractivity contribution in [1.82, 2.24) is 29.9 Å². The standard InChI is InChI=1S/C20H19N7OS/c1-11-7-15-13(3)23-18(25-16(15)8-12(11)2)27-19-24-14(9-17(28)26-19)10-29-20-21-5-4-6-22-20/h4-9H,10H2,1-3H3,(H2,23,24,25,26,27,28). The monoisotopic (exact) mass is 405 g/mol. The van der Waals surface area contributed by atoms with Gasteiger partial charge in [0.1, 0.15) is 0 Å². The van der Waals surface area contributed by atoms with E-state index in [2.05, 4.69) is 55.1 Å². The third-order valence-corrected chi connectivity index (χ3v) is 5.33. The Kier molecular flexibility index (Phi) is 5.22. The number of rotatable bonds is 5. The summed E-state index contributed by atoms with van der Waals surface area (Å²) >= 11 is 1.41. The van der Waals surface area contributed by atoms with Gasteiger partial charge in [0.25, 0.3) is 5.56 Å². The number of H-pyrrole nitrogens is 1. The molecule has 0 spiro atoms. The molecule has 0 bridgehead atoms. The third kappa shape index (κ3) is 4.40. The van der Waals surface area contributed by atoms with Crippen molar-refractivity contribution in [2.24, 2.45) is 0 Å². The Morgan fingerprint density at radius 1 is 1.00 bits per heavy atom. The average Bonchev–Trinajstić information content (AvgIpc) is 2.68. The maximum absolute atomic E-state index is 12.1. The summed E-state index contributed by atoms with van der Waals surface area (Å²) in [5.74, 6) is 1.15. The van der Waals surface area contributed by atoms with Gasteiger partial charge < -0.3 is 0 Å². The van der Waals surface area contributed by atoms with Crippen molar-refractivity contribution in [2.45, 2.75) is 31.7 Å². The lowest BCUT2D eigenvalue weighted by Gasteiger charge is -2.10. The zero-order valence-corrected chi connectivity index (χ0v) is 17.0. The van der Waals surface area contributed by atoms with Crippen molar-refractivity contribution in [3.8, 4) is 0 Å². The molecule has 0 unspecified atom stereocenters. The van der Waals surface area contributed by atoms with Crippen LogP contribution in [0.25, 0.3) is 10.9 Å². The molecular formula is C20H19N7OS. The summed E-state index contributed by atoms with van der Waals surface area (Å²) in [6.45, 7) is 6.06. The normalized spacial score (nSPS) is 11.0. The fourth-order valence-corrected chi connectivity index (χ4v) is 3.54. The van der Waals surface area contributed by atoms with Gasteiger partial charge in [-0.25, -0.2) is 24.9 Å². The van der Waals surface area contributed by atoms with Crippen LogP contribution in [-0.2, 0) is 5.75 Å². The highest BCUT2D eigenvalue weighted by atomic mass is 32.2. The highest BCUT2D eigenvalue weighted by Crippen LogP contribution is 2.22. The minimum Gasteiger partial charge on any atom is -0.294 e. The number of aryl methyl sites for hydroxylation is 3. The number of thioether (sulfide) groups is 1. The van der Waals surface area contributed by atoms with Gasteiger partial charge in [-0.05, 0) is 50.1 Å². The van der Waals surface area contributed by atoms with E-state index in [-0.39, 0.29) is 5.56 Å². The second-order valence-electron chi connectivity index (χ2n) is 6.62. The number of hydrogen-bond acceptors (Lipinski definition) is 8. The van der Waals surface area contributed by atoms with Crippen LogP contribution in [-0.4, -0.2) is 29.9 Å². The van der Waals surface area contributed by atoms with E-state index in [1.807, 2.05) is 13.0 Å². The van der Waals surface area contributed by atoms with E-state index in [0.717, 1.165) is 22.2 Å². The maximum atomic E-state index is 12.1. The van der Waals surface area contributed by atoms with Gasteiger partial charge in [-0.15, -0.1) is 0 Å². The summed E-state index contributed by atoms with van der Waals surface area (Å²) in [7, 11) is 0. The van der Waals surface area contributed by atoms with E-state index < -0.39 is 0 Å². The maximum Gasteiger partial charge on any atom is 0.252 e. The van der Waals surface area contributed by atoms with Crippen LogP contribution < -0.4 is 10.9 Å². The number of benzene rings is 1. The van der Waals surface area contributed by atoms with E-state index in [1.54, 1.807) is 18.5 Å². The minimum absolute atomic E-state index is 0.254. The van der Waals surface area contributed by atoms with Crippen LogP contribution >= 0.6 is 11.8 Å². The Morgan fingerprint density at radius 3 is 2.55 bits per heavy atom. The molecule has 3 aromatic heterocycles. The van der Waals surface area contributed by atoms with E-state index in [4.69, 9.17) is 0 Å². The van der Waals surface area contributed by atoms with Crippen molar-refractivity contribution in [3.63, 3.8) is 0 Å². The number of nitrogens with one attached hydrogen (secondary N) is 2. The highest BCUT2D eigenvalue weighted by Gasteiger charge is 2.09. The first-order valence-electron chi connectivity index (χ1n) is 9.00. The molecule has 0 aliphatic heterocycles.